The number of aliphatic hydroxyl groups is 1. The predicted molar refractivity (Wildman–Crippen MR) is 118 cm³/mol. The van der Waals surface area contributed by atoms with E-state index in [-0.39, 0.29) is 43.2 Å². The molecule has 1 saturated carbocycles. The van der Waals surface area contributed by atoms with Gasteiger partial charge in [-0.1, -0.05) is 6.92 Å². The summed E-state index contributed by atoms with van der Waals surface area (Å²) in [6, 6.07) is 0. The van der Waals surface area contributed by atoms with Crippen molar-refractivity contribution >= 4 is 23.6 Å². The first-order valence-corrected chi connectivity index (χ1v) is 11.2. The largest absolute Gasteiger partial charge is 0.395 e. The molecule has 1 fully saturated rings. The molecule has 1 aliphatic rings. The van der Waals surface area contributed by atoms with E-state index in [1.807, 2.05) is 20.8 Å². The van der Waals surface area contributed by atoms with Crippen molar-refractivity contribution in [1.29, 1.82) is 0 Å². The summed E-state index contributed by atoms with van der Waals surface area (Å²) in [5.41, 5.74) is 0. The summed E-state index contributed by atoms with van der Waals surface area (Å²) in [6.07, 6.45) is 0.883. The molecule has 9 nitrogen and oxygen atoms in total. The maximum absolute atomic E-state index is 13.5. The zero-order chi connectivity index (χ0) is 23.9. The first kappa shape index (κ1) is 26.9. The summed E-state index contributed by atoms with van der Waals surface area (Å²) < 4.78 is 0. The van der Waals surface area contributed by atoms with Gasteiger partial charge >= 0.3 is 0 Å². The summed E-state index contributed by atoms with van der Waals surface area (Å²) in [5.74, 6) is -4.44. The van der Waals surface area contributed by atoms with Crippen molar-refractivity contribution < 1.29 is 24.3 Å². The van der Waals surface area contributed by atoms with Crippen molar-refractivity contribution in [1.82, 2.24) is 19.6 Å². The molecule has 1 rings (SSSR count). The summed E-state index contributed by atoms with van der Waals surface area (Å²) >= 11 is 0. The molecule has 0 aromatic carbocycles. The lowest BCUT2D eigenvalue weighted by Crippen LogP contribution is -2.48. The van der Waals surface area contributed by atoms with Gasteiger partial charge in [-0.2, -0.15) is 0 Å². The van der Waals surface area contributed by atoms with Gasteiger partial charge in [0.25, 0.3) is 0 Å². The van der Waals surface area contributed by atoms with E-state index >= 15 is 0 Å². The molecule has 178 valence electrons. The minimum atomic E-state index is -0.911. The smallest absolute Gasteiger partial charge is 0.227 e. The number of amides is 4. The van der Waals surface area contributed by atoms with Crippen LogP contribution in [0.1, 0.15) is 33.6 Å². The Morgan fingerprint density at radius 1 is 0.677 bits per heavy atom. The Morgan fingerprint density at radius 3 is 1.48 bits per heavy atom. The molecule has 1 N–H and O–H groups in total. The molecule has 0 heterocycles. The van der Waals surface area contributed by atoms with Gasteiger partial charge in [0.15, 0.2) is 0 Å². The quantitative estimate of drug-likeness (QED) is 0.520. The molecule has 4 unspecified atom stereocenters. The van der Waals surface area contributed by atoms with E-state index in [1.165, 1.54) is 9.80 Å². The van der Waals surface area contributed by atoms with Crippen molar-refractivity contribution in [2.75, 3.05) is 61.0 Å². The topological polar surface area (TPSA) is 101 Å². The third-order valence-electron chi connectivity index (χ3n) is 6.41. The molecule has 0 bridgehead atoms. The maximum atomic E-state index is 13.5. The van der Waals surface area contributed by atoms with Crippen LogP contribution in [-0.4, -0.2) is 109 Å². The fraction of sp³-hybridized carbons (Fsp3) is 0.818. The van der Waals surface area contributed by atoms with Crippen LogP contribution >= 0.6 is 0 Å². The summed E-state index contributed by atoms with van der Waals surface area (Å²) in [6.45, 7) is 6.96. The lowest BCUT2D eigenvalue weighted by Gasteiger charge is -2.32. The van der Waals surface area contributed by atoms with E-state index in [9.17, 15) is 24.3 Å². The minimum Gasteiger partial charge on any atom is -0.395 e. The van der Waals surface area contributed by atoms with Crippen LogP contribution in [0.15, 0.2) is 0 Å². The van der Waals surface area contributed by atoms with Gasteiger partial charge in [0.05, 0.1) is 30.3 Å². The summed E-state index contributed by atoms with van der Waals surface area (Å²) in [4.78, 5) is 59.3. The van der Waals surface area contributed by atoms with Crippen molar-refractivity contribution in [2.45, 2.75) is 33.6 Å². The summed E-state index contributed by atoms with van der Waals surface area (Å²) in [7, 11) is 6.56. The van der Waals surface area contributed by atoms with Gasteiger partial charge in [-0.15, -0.1) is 0 Å². The first-order chi connectivity index (χ1) is 14.6. The second-order valence-corrected chi connectivity index (χ2v) is 8.45. The Hall–Kier alpha value is -2.16. The highest BCUT2D eigenvalue weighted by Crippen LogP contribution is 2.45. The Labute approximate surface area is 186 Å². The zero-order valence-electron chi connectivity index (χ0n) is 20.1. The van der Waals surface area contributed by atoms with Crippen LogP contribution in [-0.2, 0) is 19.2 Å². The van der Waals surface area contributed by atoms with Crippen LogP contribution in [0.2, 0.25) is 0 Å². The van der Waals surface area contributed by atoms with Crippen molar-refractivity contribution in [3.05, 3.63) is 0 Å². The van der Waals surface area contributed by atoms with E-state index in [1.54, 1.807) is 38.0 Å². The fourth-order valence-electron chi connectivity index (χ4n) is 4.32. The highest BCUT2D eigenvalue weighted by Gasteiger charge is 2.57. The average Bonchev–Trinajstić information content (AvgIpc) is 3.16. The average molecular weight is 441 g/mol. The summed E-state index contributed by atoms with van der Waals surface area (Å²) in [5, 5.41) is 9.26. The van der Waals surface area contributed by atoms with Gasteiger partial charge in [0.2, 0.25) is 23.6 Å². The SMILES string of the molecule is CCCN(C)C(=O)C1C(C(=O)N(C)CCO)CC(C(=O)N(C)CC)C1C(=O)N(C)CC. The van der Waals surface area contributed by atoms with Gasteiger partial charge in [0, 0.05) is 54.4 Å². The Morgan fingerprint density at radius 2 is 1.06 bits per heavy atom. The lowest BCUT2D eigenvalue weighted by atomic mass is 9.83. The molecule has 1 aliphatic carbocycles. The van der Waals surface area contributed by atoms with Gasteiger partial charge in [0.1, 0.15) is 0 Å². The molecular formula is C22H40N4O5. The maximum Gasteiger partial charge on any atom is 0.227 e. The number of carbonyl (C=O) groups excluding carboxylic acids is 4. The van der Waals surface area contributed by atoms with Crippen LogP contribution in [0.25, 0.3) is 0 Å². The van der Waals surface area contributed by atoms with Gasteiger partial charge in [-0.05, 0) is 26.7 Å². The Balaban J connectivity index is 3.53. The van der Waals surface area contributed by atoms with E-state index in [2.05, 4.69) is 0 Å². The fourth-order valence-corrected chi connectivity index (χ4v) is 4.32. The van der Waals surface area contributed by atoms with Crippen LogP contribution in [0.3, 0.4) is 0 Å². The molecular weight excluding hydrogens is 400 g/mol. The Bertz CT molecular complexity index is 656. The highest BCUT2D eigenvalue weighted by atomic mass is 16.3. The predicted octanol–water partition coefficient (Wildman–Crippen LogP) is 0.131. The van der Waals surface area contributed by atoms with Gasteiger partial charge < -0.3 is 24.7 Å². The molecule has 0 radical (unpaired) electrons. The Kier molecular flexibility index (Phi) is 10.4. The molecule has 0 aromatic heterocycles. The van der Waals surface area contributed by atoms with E-state index in [0.717, 1.165) is 6.42 Å². The van der Waals surface area contributed by atoms with Crippen molar-refractivity contribution in [2.24, 2.45) is 23.7 Å². The number of rotatable bonds is 10. The third kappa shape index (κ3) is 5.96. The standard InChI is InChI=1S/C22H40N4O5/c1-8-11-25(6)22(31)18-16(20(29)26(7)12-13-27)14-15(19(28)23(4)9-2)17(18)21(30)24(5)10-3/h15-18,27H,8-14H2,1-7H3. The van der Waals surface area contributed by atoms with Crippen molar-refractivity contribution in [3.63, 3.8) is 0 Å². The highest BCUT2D eigenvalue weighted by molar-refractivity contribution is 5.97. The number of aliphatic hydroxyl groups excluding tert-OH is 1. The minimum absolute atomic E-state index is 0.127. The van der Waals surface area contributed by atoms with Crippen LogP contribution in [0.4, 0.5) is 0 Å². The number of likely N-dealkylation sites (N-methyl/N-ethyl adjacent to an activating group) is 1. The van der Waals surface area contributed by atoms with E-state index in [4.69, 9.17) is 0 Å². The van der Waals surface area contributed by atoms with Crippen LogP contribution in [0.5, 0.6) is 0 Å². The molecule has 31 heavy (non-hydrogen) atoms. The monoisotopic (exact) mass is 440 g/mol. The van der Waals surface area contributed by atoms with E-state index < -0.39 is 23.7 Å². The van der Waals surface area contributed by atoms with Crippen molar-refractivity contribution in [3.8, 4) is 0 Å². The number of hydrogen-bond donors (Lipinski definition) is 1. The lowest BCUT2D eigenvalue weighted by molar-refractivity contribution is -0.151. The second-order valence-electron chi connectivity index (χ2n) is 8.45. The molecule has 0 saturated heterocycles. The molecule has 4 amide bonds. The number of nitrogens with zero attached hydrogens (tertiary/aromatic N) is 4. The molecule has 0 aromatic rings. The number of carbonyl (C=O) groups is 4. The van der Waals surface area contributed by atoms with Crippen LogP contribution < -0.4 is 0 Å². The number of hydrogen-bond acceptors (Lipinski definition) is 5. The third-order valence-corrected chi connectivity index (χ3v) is 6.41. The molecule has 9 heteroatoms. The molecule has 0 aliphatic heterocycles. The zero-order valence-corrected chi connectivity index (χ0v) is 20.1. The van der Waals surface area contributed by atoms with Gasteiger partial charge in [-0.3, -0.25) is 19.2 Å². The first-order valence-electron chi connectivity index (χ1n) is 11.2. The van der Waals surface area contributed by atoms with E-state index in [0.29, 0.717) is 19.6 Å². The molecule has 4 atom stereocenters. The molecule has 0 spiro atoms. The van der Waals surface area contributed by atoms with Crippen LogP contribution in [0, 0.1) is 23.7 Å². The normalized spacial score (nSPS) is 22.7. The van der Waals surface area contributed by atoms with Gasteiger partial charge in [-0.25, -0.2) is 0 Å². The second kappa shape index (κ2) is 12.0.